The molecule has 0 aliphatic carbocycles. The molecule has 1 aromatic carbocycles. The second-order valence-electron chi connectivity index (χ2n) is 5.69. The van der Waals surface area contributed by atoms with E-state index in [9.17, 15) is 8.42 Å². The maximum Gasteiger partial charge on any atom is 0.151 e. The van der Waals surface area contributed by atoms with Gasteiger partial charge in [-0.2, -0.15) is 0 Å². The maximum absolute atomic E-state index is 11.7. The Morgan fingerprint density at radius 2 is 2.05 bits per heavy atom. The van der Waals surface area contributed by atoms with E-state index < -0.39 is 9.84 Å². The van der Waals surface area contributed by atoms with Crippen LogP contribution in [0, 0.1) is 12.3 Å². The summed E-state index contributed by atoms with van der Waals surface area (Å²) in [5.74, 6) is 3.15. The van der Waals surface area contributed by atoms with Gasteiger partial charge in [0.2, 0.25) is 0 Å². The lowest BCUT2D eigenvalue weighted by atomic mass is 10.1. The highest BCUT2D eigenvalue weighted by atomic mass is 32.2. The average Bonchev–Trinajstić information content (AvgIpc) is 2.79. The van der Waals surface area contributed by atoms with Crippen molar-refractivity contribution in [3.63, 3.8) is 0 Å². The minimum Gasteiger partial charge on any atom is -0.377 e. The van der Waals surface area contributed by atoms with Gasteiger partial charge in [0.15, 0.2) is 9.84 Å². The van der Waals surface area contributed by atoms with E-state index in [1.165, 1.54) is 5.56 Å². The first-order chi connectivity index (χ1) is 9.93. The van der Waals surface area contributed by atoms with Gasteiger partial charge in [-0.15, -0.1) is 6.42 Å². The highest BCUT2D eigenvalue weighted by Gasteiger charge is 2.32. The molecule has 1 aliphatic heterocycles. The number of hydrogen-bond acceptors (Lipinski definition) is 4. The third-order valence-electron chi connectivity index (χ3n) is 3.87. The highest BCUT2D eigenvalue weighted by molar-refractivity contribution is 7.91. The molecule has 1 unspecified atom stereocenters. The van der Waals surface area contributed by atoms with Crippen molar-refractivity contribution in [2.24, 2.45) is 0 Å². The van der Waals surface area contributed by atoms with Crippen molar-refractivity contribution < 1.29 is 8.42 Å². The first-order valence-corrected chi connectivity index (χ1v) is 8.88. The molecule has 1 aliphatic rings. The summed E-state index contributed by atoms with van der Waals surface area (Å²) in [4.78, 5) is 4.17. The van der Waals surface area contributed by atoms with Crippen molar-refractivity contribution in [2.45, 2.75) is 19.0 Å². The van der Waals surface area contributed by atoms with Crippen LogP contribution in [0.25, 0.3) is 0 Å². The Balaban J connectivity index is 2.20. The van der Waals surface area contributed by atoms with Crippen LogP contribution in [0.15, 0.2) is 24.3 Å². The zero-order valence-corrected chi connectivity index (χ0v) is 13.4. The van der Waals surface area contributed by atoms with Crippen molar-refractivity contribution in [3.05, 3.63) is 29.8 Å². The molecule has 2 rings (SSSR count). The van der Waals surface area contributed by atoms with Crippen LogP contribution >= 0.6 is 0 Å². The highest BCUT2D eigenvalue weighted by Crippen LogP contribution is 2.24. The van der Waals surface area contributed by atoms with Gasteiger partial charge in [-0.05, 0) is 18.1 Å². The van der Waals surface area contributed by atoms with E-state index in [1.807, 2.05) is 26.2 Å². The normalized spacial score (nSPS) is 20.4. The number of nitrogens with zero attached hydrogens (tertiary/aromatic N) is 2. The van der Waals surface area contributed by atoms with E-state index in [-0.39, 0.29) is 17.5 Å². The zero-order chi connectivity index (χ0) is 15.5. The fourth-order valence-electron chi connectivity index (χ4n) is 2.79. The van der Waals surface area contributed by atoms with Gasteiger partial charge in [-0.1, -0.05) is 24.1 Å². The van der Waals surface area contributed by atoms with Gasteiger partial charge in [0.1, 0.15) is 0 Å². The second kappa shape index (κ2) is 6.50. The van der Waals surface area contributed by atoms with Crippen LogP contribution in [-0.4, -0.2) is 51.5 Å². The van der Waals surface area contributed by atoms with Crippen LogP contribution in [0.3, 0.4) is 0 Å². The molecular weight excluding hydrogens is 284 g/mol. The van der Waals surface area contributed by atoms with Gasteiger partial charge in [-0.25, -0.2) is 8.42 Å². The Hall–Kier alpha value is -1.51. The lowest BCUT2D eigenvalue weighted by Crippen LogP contribution is -2.36. The van der Waals surface area contributed by atoms with Crippen molar-refractivity contribution >= 4 is 15.5 Å². The first kappa shape index (κ1) is 15.9. The summed E-state index contributed by atoms with van der Waals surface area (Å²) in [6, 6.07) is 8.17. The third-order valence-corrected chi connectivity index (χ3v) is 5.62. The molecule has 0 aromatic heterocycles. The Morgan fingerprint density at radius 3 is 2.62 bits per heavy atom. The Labute approximate surface area is 127 Å². The summed E-state index contributed by atoms with van der Waals surface area (Å²) in [6.07, 6.45) is 6.14. The molecule has 0 radical (unpaired) electrons. The van der Waals surface area contributed by atoms with E-state index in [4.69, 9.17) is 6.42 Å². The minimum atomic E-state index is -2.90. The number of rotatable bonds is 5. The molecule has 0 bridgehead atoms. The van der Waals surface area contributed by atoms with E-state index in [0.717, 1.165) is 5.69 Å². The van der Waals surface area contributed by atoms with E-state index in [0.29, 0.717) is 19.5 Å². The summed E-state index contributed by atoms with van der Waals surface area (Å²) in [6.45, 7) is 1.15. The van der Waals surface area contributed by atoms with Crippen LogP contribution in [-0.2, 0) is 16.4 Å². The summed E-state index contributed by atoms with van der Waals surface area (Å²) >= 11 is 0. The Kier molecular flexibility index (Phi) is 4.92. The predicted octanol–water partition coefficient (Wildman–Crippen LogP) is 1.37. The van der Waals surface area contributed by atoms with Crippen molar-refractivity contribution in [1.82, 2.24) is 4.90 Å². The van der Waals surface area contributed by atoms with Crippen LogP contribution < -0.4 is 4.90 Å². The second-order valence-corrected chi connectivity index (χ2v) is 7.92. The van der Waals surface area contributed by atoms with Gasteiger partial charge < -0.3 is 4.90 Å². The van der Waals surface area contributed by atoms with Crippen molar-refractivity contribution in [3.8, 4) is 12.3 Å². The molecule has 0 N–H and O–H groups in total. The van der Waals surface area contributed by atoms with Crippen LogP contribution in [0.4, 0.5) is 5.69 Å². The molecule has 4 nitrogen and oxygen atoms in total. The van der Waals surface area contributed by atoms with Crippen molar-refractivity contribution in [1.29, 1.82) is 0 Å². The molecule has 5 heteroatoms. The SMILES string of the molecule is C#CCN(Cc1ccccc1N(C)C)C1CCS(=O)(=O)C1. The van der Waals surface area contributed by atoms with Crippen LogP contribution in [0.2, 0.25) is 0 Å². The Morgan fingerprint density at radius 1 is 1.33 bits per heavy atom. The standard InChI is InChI=1S/C16H22N2O2S/c1-4-10-18(15-9-11-21(19,20)13-15)12-14-7-5-6-8-16(14)17(2)3/h1,5-8,15H,9-13H2,2-3H3. The zero-order valence-electron chi connectivity index (χ0n) is 12.6. The number of sulfone groups is 1. The predicted molar refractivity (Wildman–Crippen MR) is 87.1 cm³/mol. The molecule has 1 aromatic rings. The van der Waals surface area contributed by atoms with E-state index >= 15 is 0 Å². The third kappa shape index (κ3) is 3.99. The topological polar surface area (TPSA) is 40.6 Å². The number of para-hydroxylation sites is 1. The van der Waals surface area contributed by atoms with Gasteiger partial charge in [0, 0.05) is 32.4 Å². The summed E-state index contributed by atoms with van der Waals surface area (Å²) in [7, 11) is 1.11. The summed E-state index contributed by atoms with van der Waals surface area (Å²) in [5.41, 5.74) is 2.31. The van der Waals surface area contributed by atoms with Gasteiger partial charge >= 0.3 is 0 Å². The number of terminal acetylenes is 1. The molecule has 114 valence electrons. The molecule has 0 saturated carbocycles. The minimum absolute atomic E-state index is 0.0290. The maximum atomic E-state index is 11.7. The molecular formula is C16H22N2O2S. The monoisotopic (exact) mass is 306 g/mol. The fraction of sp³-hybridized carbons (Fsp3) is 0.500. The van der Waals surface area contributed by atoms with E-state index in [1.54, 1.807) is 0 Å². The number of benzene rings is 1. The van der Waals surface area contributed by atoms with Gasteiger partial charge in [0.05, 0.1) is 18.1 Å². The molecule has 0 spiro atoms. The van der Waals surface area contributed by atoms with E-state index in [2.05, 4.69) is 27.9 Å². The van der Waals surface area contributed by atoms with Crippen LogP contribution in [0.1, 0.15) is 12.0 Å². The summed E-state index contributed by atoms with van der Waals surface area (Å²) in [5, 5.41) is 0. The quantitative estimate of drug-likeness (QED) is 0.771. The molecule has 1 saturated heterocycles. The number of anilines is 1. The molecule has 1 atom stereocenters. The fourth-order valence-corrected chi connectivity index (χ4v) is 4.56. The number of hydrogen-bond donors (Lipinski definition) is 0. The molecule has 1 fully saturated rings. The van der Waals surface area contributed by atoms with Gasteiger partial charge in [0.25, 0.3) is 0 Å². The van der Waals surface area contributed by atoms with Crippen LogP contribution in [0.5, 0.6) is 0 Å². The summed E-state index contributed by atoms with van der Waals surface area (Å²) < 4.78 is 23.4. The first-order valence-electron chi connectivity index (χ1n) is 7.06. The Bertz CT molecular complexity index is 632. The lowest BCUT2D eigenvalue weighted by molar-refractivity contribution is 0.230. The molecule has 0 amide bonds. The largest absolute Gasteiger partial charge is 0.377 e. The van der Waals surface area contributed by atoms with Crippen molar-refractivity contribution in [2.75, 3.05) is 37.0 Å². The average molecular weight is 306 g/mol. The molecule has 1 heterocycles. The lowest BCUT2D eigenvalue weighted by Gasteiger charge is -2.28. The van der Waals surface area contributed by atoms with Gasteiger partial charge in [-0.3, -0.25) is 4.90 Å². The smallest absolute Gasteiger partial charge is 0.151 e. The molecule has 21 heavy (non-hydrogen) atoms.